The highest BCUT2D eigenvalue weighted by atomic mass is 16.5. The lowest BCUT2D eigenvalue weighted by Crippen LogP contribution is -2.47. The molecule has 11 heavy (non-hydrogen) atoms. The first-order chi connectivity index (χ1) is 5.26. The Morgan fingerprint density at radius 2 is 2.27 bits per heavy atom. The summed E-state index contributed by atoms with van der Waals surface area (Å²) in [5.41, 5.74) is 0. The molecule has 1 heterocycles. The van der Waals surface area contributed by atoms with Crippen LogP contribution in [0, 0.1) is 0 Å². The maximum atomic E-state index is 8.87. The molecular formula is C8H17NO2. The summed E-state index contributed by atoms with van der Waals surface area (Å²) in [5, 5.41) is 8.87. The Kier molecular flexibility index (Phi) is 3.30. The fourth-order valence-electron chi connectivity index (χ4n) is 1.50. The molecule has 2 unspecified atom stereocenters. The average Bonchev–Trinajstić information content (AvgIpc) is 2.03. The SMILES string of the molecule is CCN1CC(C)OC(CO)C1. The lowest BCUT2D eigenvalue weighted by Gasteiger charge is -2.35. The second-order valence-corrected chi connectivity index (χ2v) is 3.10. The van der Waals surface area contributed by atoms with Gasteiger partial charge in [0.1, 0.15) is 0 Å². The van der Waals surface area contributed by atoms with Crippen LogP contribution in [0.1, 0.15) is 13.8 Å². The van der Waals surface area contributed by atoms with E-state index in [-0.39, 0.29) is 18.8 Å². The number of likely N-dealkylation sites (N-methyl/N-ethyl adjacent to an activating group) is 1. The number of hydrogen-bond acceptors (Lipinski definition) is 3. The molecule has 3 heteroatoms. The van der Waals surface area contributed by atoms with Gasteiger partial charge in [-0.15, -0.1) is 0 Å². The Morgan fingerprint density at radius 1 is 1.55 bits per heavy atom. The van der Waals surface area contributed by atoms with Gasteiger partial charge in [0.15, 0.2) is 0 Å². The molecule has 1 aliphatic rings. The standard InChI is InChI=1S/C8H17NO2/c1-3-9-4-7(2)11-8(5-9)6-10/h7-8,10H,3-6H2,1-2H3. The molecule has 2 atom stereocenters. The predicted octanol–water partition coefficient (Wildman–Crippen LogP) is 0.0879. The number of rotatable bonds is 2. The van der Waals surface area contributed by atoms with Gasteiger partial charge in [0.05, 0.1) is 18.8 Å². The van der Waals surface area contributed by atoms with Gasteiger partial charge in [-0.25, -0.2) is 0 Å². The lowest BCUT2D eigenvalue weighted by molar-refractivity contribution is -0.0938. The number of hydrogen-bond donors (Lipinski definition) is 1. The Morgan fingerprint density at radius 3 is 2.82 bits per heavy atom. The van der Waals surface area contributed by atoms with E-state index in [1.165, 1.54) is 0 Å². The van der Waals surface area contributed by atoms with E-state index in [1.807, 2.05) is 6.92 Å². The van der Waals surface area contributed by atoms with Gasteiger partial charge in [-0.2, -0.15) is 0 Å². The number of aliphatic hydroxyl groups excluding tert-OH is 1. The highest BCUT2D eigenvalue weighted by Crippen LogP contribution is 2.09. The molecule has 66 valence electrons. The fraction of sp³-hybridized carbons (Fsp3) is 1.00. The van der Waals surface area contributed by atoms with Gasteiger partial charge in [0.25, 0.3) is 0 Å². The summed E-state index contributed by atoms with van der Waals surface area (Å²) in [4.78, 5) is 2.30. The summed E-state index contributed by atoms with van der Waals surface area (Å²) in [6.45, 7) is 7.23. The second-order valence-electron chi connectivity index (χ2n) is 3.10. The van der Waals surface area contributed by atoms with Gasteiger partial charge >= 0.3 is 0 Å². The highest BCUT2D eigenvalue weighted by molar-refractivity contribution is 4.73. The van der Waals surface area contributed by atoms with Crippen LogP contribution in [0.5, 0.6) is 0 Å². The summed E-state index contributed by atoms with van der Waals surface area (Å²) in [6, 6.07) is 0. The van der Waals surface area contributed by atoms with Crippen LogP contribution in [0.2, 0.25) is 0 Å². The molecule has 0 radical (unpaired) electrons. The first-order valence-electron chi connectivity index (χ1n) is 4.25. The van der Waals surface area contributed by atoms with Crippen molar-refractivity contribution in [1.29, 1.82) is 0 Å². The maximum absolute atomic E-state index is 8.87. The molecule has 1 saturated heterocycles. The van der Waals surface area contributed by atoms with E-state index in [4.69, 9.17) is 9.84 Å². The zero-order chi connectivity index (χ0) is 8.27. The maximum Gasteiger partial charge on any atom is 0.0936 e. The molecule has 1 fully saturated rings. The van der Waals surface area contributed by atoms with E-state index in [0.717, 1.165) is 19.6 Å². The zero-order valence-electron chi connectivity index (χ0n) is 7.29. The zero-order valence-corrected chi connectivity index (χ0v) is 7.29. The largest absolute Gasteiger partial charge is 0.394 e. The van der Waals surface area contributed by atoms with Gasteiger partial charge in [0.2, 0.25) is 0 Å². The van der Waals surface area contributed by atoms with Crippen LogP contribution in [0.3, 0.4) is 0 Å². The van der Waals surface area contributed by atoms with Crippen molar-refractivity contribution in [2.45, 2.75) is 26.1 Å². The van der Waals surface area contributed by atoms with Gasteiger partial charge in [0, 0.05) is 13.1 Å². The van der Waals surface area contributed by atoms with Gasteiger partial charge < -0.3 is 9.84 Å². The van der Waals surface area contributed by atoms with Crippen molar-refractivity contribution in [2.75, 3.05) is 26.2 Å². The number of ether oxygens (including phenoxy) is 1. The molecule has 1 aliphatic heterocycles. The average molecular weight is 159 g/mol. The van der Waals surface area contributed by atoms with Crippen LogP contribution in [0.15, 0.2) is 0 Å². The fourth-order valence-corrected chi connectivity index (χ4v) is 1.50. The lowest BCUT2D eigenvalue weighted by atomic mass is 10.2. The van der Waals surface area contributed by atoms with E-state index in [9.17, 15) is 0 Å². The Balaban J connectivity index is 2.37. The molecule has 0 aliphatic carbocycles. The second kappa shape index (κ2) is 4.04. The Labute approximate surface area is 68.0 Å². The van der Waals surface area contributed by atoms with Crippen molar-refractivity contribution in [1.82, 2.24) is 4.90 Å². The minimum Gasteiger partial charge on any atom is -0.394 e. The minimum absolute atomic E-state index is 0.0266. The number of morpholine rings is 1. The molecule has 0 amide bonds. The van der Waals surface area contributed by atoms with Crippen LogP contribution >= 0.6 is 0 Å². The number of nitrogens with zero attached hydrogens (tertiary/aromatic N) is 1. The van der Waals surface area contributed by atoms with Crippen molar-refractivity contribution in [2.24, 2.45) is 0 Å². The molecule has 1 rings (SSSR count). The van der Waals surface area contributed by atoms with Crippen molar-refractivity contribution < 1.29 is 9.84 Å². The smallest absolute Gasteiger partial charge is 0.0936 e. The summed E-state index contributed by atoms with van der Waals surface area (Å²) in [5.74, 6) is 0. The summed E-state index contributed by atoms with van der Waals surface area (Å²) >= 11 is 0. The summed E-state index contributed by atoms with van der Waals surface area (Å²) in [6.07, 6.45) is 0.291. The summed E-state index contributed by atoms with van der Waals surface area (Å²) in [7, 11) is 0. The van der Waals surface area contributed by atoms with E-state index in [0.29, 0.717) is 0 Å². The normalized spacial score (nSPS) is 34.1. The Bertz CT molecular complexity index is 107. The quantitative estimate of drug-likeness (QED) is 0.619. The van der Waals surface area contributed by atoms with Crippen LogP contribution in [-0.2, 0) is 4.74 Å². The molecular weight excluding hydrogens is 142 g/mol. The monoisotopic (exact) mass is 159 g/mol. The minimum atomic E-state index is 0.0266. The van der Waals surface area contributed by atoms with Crippen LogP contribution in [-0.4, -0.2) is 48.5 Å². The molecule has 0 aromatic carbocycles. The highest BCUT2D eigenvalue weighted by Gasteiger charge is 2.22. The van der Waals surface area contributed by atoms with Crippen molar-refractivity contribution in [3.63, 3.8) is 0 Å². The third-order valence-corrected chi connectivity index (χ3v) is 2.05. The Hall–Kier alpha value is -0.120. The third-order valence-electron chi connectivity index (χ3n) is 2.05. The molecule has 0 bridgehead atoms. The van der Waals surface area contributed by atoms with Crippen molar-refractivity contribution in [3.05, 3.63) is 0 Å². The number of aliphatic hydroxyl groups is 1. The van der Waals surface area contributed by atoms with Gasteiger partial charge in [-0.1, -0.05) is 6.92 Å². The molecule has 3 nitrogen and oxygen atoms in total. The van der Waals surface area contributed by atoms with Crippen molar-refractivity contribution in [3.8, 4) is 0 Å². The van der Waals surface area contributed by atoms with E-state index < -0.39 is 0 Å². The van der Waals surface area contributed by atoms with E-state index in [2.05, 4.69) is 11.8 Å². The predicted molar refractivity (Wildman–Crippen MR) is 43.5 cm³/mol. The third kappa shape index (κ3) is 2.43. The molecule has 1 N–H and O–H groups in total. The van der Waals surface area contributed by atoms with E-state index in [1.54, 1.807) is 0 Å². The van der Waals surface area contributed by atoms with E-state index >= 15 is 0 Å². The molecule has 0 aromatic rings. The first-order valence-corrected chi connectivity index (χ1v) is 4.25. The van der Waals surface area contributed by atoms with Gasteiger partial charge in [-0.3, -0.25) is 4.90 Å². The van der Waals surface area contributed by atoms with Crippen LogP contribution < -0.4 is 0 Å². The molecule has 0 aromatic heterocycles. The van der Waals surface area contributed by atoms with Crippen molar-refractivity contribution >= 4 is 0 Å². The van der Waals surface area contributed by atoms with Crippen LogP contribution in [0.25, 0.3) is 0 Å². The molecule has 0 saturated carbocycles. The van der Waals surface area contributed by atoms with Crippen LogP contribution in [0.4, 0.5) is 0 Å². The summed E-state index contributed by atoms with van der Waals surface area (Å²) < 4.78 is 5.48. The first kappa shape index (κ1) is 8.97. The molecule has 0 spiro atoms. The van der Waals surface area contributed by atoms with Gasteiger partial charge in [-0.05, 0) is 13.5 Å². The topological polar surface area (TPSA) is 32.7 Å².